The summed E-state index contributed by atoms with van der Waals surface area (Å²) >= 11 is 0. The molecule has 2 atom stereocenters. The number of carbonyl (C=O) groups is 1. The quantitative estimate of drug-likeness (QED) is 0.701. The molecule has 0 amide bonds. The van der Waals surface area contributed by atoms with Crippen LogP contribution in [0.25, 0.3) is 0 Å². The Balaban J connectivity index is 2.37. The summed E-state index contributed by atoms with van der Waals surface area (Å²) in [6.45, 7) is 1.66. The monoisotopic (exact) mass is 269 g/mol. The molecule has 5 nitrogen and oxygen atoms in total. The van der Waals surface area contributed by atoms with E-state index in [9.17, 15) is 13.2 Å². The Kier molecular flexibility index (Phi) is 3.98. The van der Waals surface area contributed by atoms with Crippen molar-refractivity contribution in [1.29, 1.82) is 0 Å². The van der Waals surface area contributed by atoms with E-state index in [0.717, 1.165) is 25.9 Å². The van der Waals surface area contributed by atoms with Crippen molar-refractivity contribution in [3.8, 4) is 0 Å². The van der Waals surface area contributed by atoms with Crippen LogP contribution in [0.4, 0.5) is 0 Å². The van der Waals surface area contributed by atoms with Crippen LogP contribution in [-0.2, 0) is 15.1 Å². The number of piperidine rings is 1. The molecule has 0 radical (unpaired) electrons. The Bertz CT molecular complexity index is 530. The van der Waals surface area contributed by atoms with E-state index in [1.54, 1.807) is 12.2 Å². The first-order valence-corrected chi connectivity index (χ1v) is 6.97. The molecule has 1 aliphatic heterocycles. The average molecular weight is 269 g/mol. The molecule has 2 rings (SSSR count). The van der Waals surface area contributed by atoms with Crippen molar-refractivity contribution in [3.05, 3.63) is 23.8 Å². The van der Waals surface area contributed by atoms with E-state index in [0.29, 0.717) is 0 Å². The highest BCUT2D eigenvalue weighted by atomic mass is 32.2. The first-order chi connectivity index (χ1) is 8.61. The zero-order valence-electron chi connectivity index (χ0n) is 9.80. The molecule has 0 bridgehead atoms. The van der Waals surface area contributed by atoms with Crippen molar-refractivity contribution in [2.45, 2.75) is 12.8 Å². The highest BCUT2D eigenvalue weighted by Gasteiger charge is 2.32. The van der Waals surface area contributed by atoms with Crippen molar-refractivity contribution < 1.29 is 18.3 Å². The number of nitrogens with one attached hydrogen (secondary N) is 1. The molecule has 2 aliphatic rings. The number of allylic oxidation sites excluding steroid dienone is 3. The molecule has 1 saturated heterocycles. The van der Waals surface area contributed by atoms with Gasteiger partial charge in [0, 0.05) is 5.92 Å². The topological polar surface area (TPSA) is 83.5 Å². The standard InChI is InChI=1S/C12H15NO4S/c14-12(15)10-5-1-4-9(11(10)18(16)17)8-3-2-6-13-7-8/h1,4-5,8-9,13H,2-3,6-7H2,(H,14,15). The van der Waals surface area contributed by atoms with E-state index < -0.39 is 16.3 Å². The van der Waals surface area contributed by atoms with E-state index in [4.69, 9.17) is 5.11 Å². The molecule has 98 valence electrons. The van der Waals surface area contributed by atoms with E-state index >= 15 is 0 Å². The highest BCUT2D eigenvalue weighted by Crippen LogP contribution is 2.27. The van der Waals surface area contributed by atoms with Gasteiger partial charge in [-0.1, -0.05) is 12.2 Å². The minimum atomic E-state index is -2.50. The van der Waals surface area contributed by atoms with Gasteiger partial charge in [0.25, 0.3) is 0 Å². The summed E-state index contributed by atoms with van der Waals surface area (Å²) in [7, 11) is -2.50. The number of aliphatic carboxylic acids is 1. The lowest BCUT2D eigenvalue weighted by molar-refractivity contribution is -0.132. The van der Waals surface area contributed by atoms with Crippen LogP contribution in [0.2, 0.25) is 0 Å². The summed E-state index contributed by atoms with van der Waals surface area (Å²) in [6, 6.07) is 0. The van der Waals surface area contributed by atoms with Crippen molar-refractivity contribution >= 4 is 21.1 Å². The Morgan fingerprint density at radius 1 is 1.44 bits per heavy atom. The molecule has 0 spiro atoms. The summed E-state index contributed by atoms with van der Waals surface area (Å²) in [5.74, 6) is -1.37. The Labute approximate surface area is 107 Å². The molecule has 0 aromatic heterocycles. The molecule has 1 heterocycles. The van der Waals surface area contributed by atoms with Gasteiger partial charge in [-0.2, -0.15) is 8.42 Å². The second-order valence-corrected chi connectivity index (χ2v) is 5.41. The number of carboxylic acids is 1. The minimum absolute atomic E-state index is 0.0127. The average Bonchev–Trinajstić information content (AvgIpc) is 2.38. The smallest absolute Gasteiger partial charge is 0.337 e. The fraction of sp³-hybridized carbons (Fsp3) is 0.500. The van der Waals surface area contributed by atoms with Gasteiger partial charge in [0.15, 0.2) is 0 Å². The van der Waals surface area contributed by atoms with E-state index in [1.807, 2.05) is 0 Å². The third-order valence-corrected chi connectivity index (χ3v) is 4.25. The van der Waals surface area contributed by atoms with Crippen LogP contribution in [-0.4, -0.2) is 37.4 Å². The number of carboxylic acid groups (broad SMARTS) is 1. The molecule has 0 aromatic carbocycles. The highest BCUT2D eigenvalue weighted by molar-refractivity contribution is 7.73. The third kappa shape index (κ3) is 2.54. The maximum Gasteiger partial charge on any atom is 0.337 e. The predicted molar refractivity (Wildman–Crippen MR) is 67.9 cm³/mol. The van der Waals surface area contributed by atoms with Crippen LogP contribution in [0.5, 0.6) is 0 Å². The number of hydrogen-bond acceptors (Lipinski definition) is 4. The lowest BCUT2D eigenvalue weighted by Gasteiger charge is -2.30. The Morgan fingerprint density at radius 2 is 2.22 bits per heavy atom. The molecule has 18 heavy (non-hydrogen) atoms. The van der Waals surface area contributed by atoms with Gasteiger partial charge in [-0.25, -0.2) is 4.79 Å². The van der Waals surface area contributed by atoms with Crippen molar-refractivity contribution in [1.82, 2.24) is 5.32 Å². The molecule has 2 unspecified atom stereocenters. The first kappa shape index (κ1) is 13.0. The van der Waals surface area contributed by atoms with Gasteiger partial charge in [-0.15, -0.1) is 0 Å². The maximum atomic E-state index is 11.3. The van der Waals surface area contributed by atoms with Crippen LogP contribution >= 0.6 is 0 Å². The summed E-state index contributed by atoms with van der Waals surface area (Å²) in [5.41, 5.74) is -0.110. The first-order valence-electron chi connectivity index (χ1n) is 5.90. The molecular formula is C12H15NO4S. The van der Waals surface area contributed by atoms with Gasteiger partial charge in [0.05, 0.1) is 10.4 Å². The normalized spacial score (nSPS) is 27.8. The molecular weight excluding hydrogens is 254 g/mol. The van der Waals surface area contributed by atoms with E-state index in [-0.39, 0.29) is 22.3 Å². The Morgan fingerprint density at radius 3 is 2.78 bits per heavy atom. The number of hydrogen-bond donors (Lipinski definition) is 2. The van der Waals surface area contributed by atoms with Crippen LogP contribution in [0.15, 0.2) is 23.8 Å². The second-order valence-electron chi connectivity index (χ2n) is 4.50. The fourth-order valence-corrected chi connectivity index (χ4v) is 3.38. The fourth-order valence-electron chi connectivity index (χ4n) is 2.55. The Hall–Kier alpha value is -1.40. The van der Waals surface area contributed by atoms with Crippen LogP contribution in [0.3, 0.4) is 0 Å². The zero-order chi connectivity index (χ0) is 13.1. The van der Waals surface area contributed by atoms with Gasteiger partial charge in [0.2, 0.25) is 10.3 Å². The maximum absolute atomic E-state index is 11.3. The zero-order valence-corrected chi connectivity index (χ0v) is 10.6. The second kappa shape index (κ2) is 5.49. The van der Waals surface area contributed by atoms with Gasteiger partial charge in [0.1, 0.15) is 0 Å². The lowest BCUT2D eigenvalue weighted by Crippen LogP contribution is -2.38. The van der Waals surface area contributed by atoms with Crippen LogP contribution in [0, 0.1) is 11.8 Å². The van der Waals surface area contributed by atoms with Gasteiger partial charge in [-0.3, -0.25) is 0 Å². The summed E-state index contributed by atoms with van der Waals surface area (Å²) in [4.78, 5) is 11.1. The van der Waals surface area contributed by atoms with Crippen molar-refractivity contribution in [3.63, 3.8) is 0 Å². The SMILES string of the molecule is O=C(O)C1=CC=CC(C2CCCNC2)C1=S(=O)=O. The van der Waals surface area contributed by atoms with Crippen LogP contribution in [0.1, 0.15) is 12.8 Å². The molecule has 1 fully saturated rings. The molecule has 6 heteroatoms. The molecule has 1 aliphatic carbocycles. The summed E-state index contributed by atoms with van der Waals surface area (Å²) < 4.78 is 22.7. The lowest BCUT2D eigenvalue weighted by atomic mass is 9.80. The van der Waals surface area contributed by atoms with Crippen LogP contribution < -0.4 is 5.32 Å². The summed E-state index contributed by atoms with van der Waals surface area (Å²) in [5, 5.41) is 12.3. The predicted octanol–water partition coefficient (Wildman–Crippen LogP) is 0.235. The molecule has 0 aromatic rings. The van der Waals surface area contributed by atoms with Gasteiger partial charge in [-0.05, 0) is 37.9 Å². The van der Waals surface area contributed by atoms with E-state index in [2.05, 4.69) is 5.32 Å². The molecule has 2 N–H and O–H groups in total. The third-order valence-electron chi connectivity index (χ3n) is 3.40. The van der Waals surface area contributed by atoms with Gasteiger partial charge >= 0.3 is 5.97 Å². The minimum Gasteiger partial charge on any atom is -0.478 e. The van der Waals surface area contributed by atoms with Gasteiger partial charge < -0.3 is 10.4 Å². The summed E-state index contributed by atoms with van der Waals surface area (Å²) in [6.07, 6.45) is 6.67. The number of rotatable bonds is 2. The van der Waals surface area contributed by atoms with E-state index in [1.165, 1.54) is 6.08 Å². The molecule has 0 saturated carbocycles. The van der Waals surface area contributed by atoms with Crippen molar-refractivity contribution in [2.24, 2.45) is 11.8 Å². The largest absolute Gasteiger partial charge is 0.478 e. The van der Waals surface area contributed by atoms with Crippen molar-refractivity contribution in [2.75, 3.05) is 13.1 Å².